The van der Waals surface area contributed by atoms with Crippen molar-refractivity contribution in [2.45, 2.75) is 25.6 Å². The van der Waals surface area contributed by atoms with Gasteiger partial charge in [0.2, 0.25) is 0 Å². The summed E-state index contributed by atoms with van der Waals surface area (Å²) < 4.78 is 11.2. The lowest BCUT2D eigenvalue weighted by molar-refractivity contribution is -0.106. The van der Waals surface area contributed by atoms with E-state index < -0.39 is 0 Å². The first-order chi connectivity index (χ1) is 6.86. The zero-order valence-corrected chi connectivity index (χ0v) is 8.24. The maximum atomic E-state index is 5.70. The third kappa shape index (κ3) is 2.26. The zero-order chi connectivity index (χ0) is 9.80. The van der Waals surface area contributed by atoms with E-state index in [2.05, 4.69) is 6.92 Å². The Morgan fingerprint density at radius 1 is 1.29 bits per heavy atom. The highest BCUT2D eigenvalue weighted by Gasteiger charge is 2.15. The summed E-state index contributed by atoms with van der Waals surface area (Å²) in [5.74, 6) is 0.833. The van der Waals surface area contributed by atoms with Gasteiger partial charge in [0.15, 0.2) is 6.29 Å². The molecule has 0 aliphatic carbocycles. The highest BCUT2D eigenvalue weighted by Crippen LogP contribution is 2.21. The Morgan fingerprint density at radius 3 is 2.86 bits per heavy atom. The van der Waals surface area contributed by atoms with Crippen LogP contribution < -0.4 is 4.74 Å². The van der Waals surface area contributed by atoms with Gasteiger partial charge >= 0.3 is 0 Å². The van der Waals surface area contributed by atoms with Gasteiger partial charge in [-0.05, 0) is 31.4 Å². The molecule has 1 unspecified atom stereocenters. The van der Waals surface area contributed by atoms with Crippen LogP contribution in [-0.2, 0) is 4.74 Å². The Bertz CT molecular complexity index is 290. The molecule has 1 aromatic rings. The van der Waals surface area contributed by atoms with Gasteiger partial charge in [0, 0.05) is 6.42 Å². The van der Waals surface area contributed by atoms with E-state index in [-0.39, 0.29) is 6.29 Å². The van der Waals surface area contributed by atoms with Gasteiger partial charge in [0.25, 0.3) is 0 Å². The number of rotatable bonds is 2. The van der Waals surface area contributed by atoms with Crippen LogP contribution in [0.25, 0.3) is 0 Å². The zero-order valence-electron chi connectivity index (χ0n) is 8.24. The molecule has 0 aromatic heterocycles. The molecule has 0 saturated carbocycles. The fraction of sp³-hybridized carbons (Fsp3) is 0.417. The second-order valence-electron chi connectivity index (χ2n) is 3.52. The summed E-state index contributed by atoms with van der Waals surface area (Å²) in [7, 11) is 0. The fourth-order valence-corrected chi connectivity index (χ4v) is 1.56. The van der Waals surface area contributed by atoms with Crippen molar-refractivity contribution in [2.75, 3.05) is 6.61 Å². The SMILES string of the molecule is [CH2]c1ccccc1OC1CCCCO1. The van der Waals surface area contributed by atoms with E-state index >= 15 is 0 Å². The normalized spacial score (nSPS) is 21.9. The first kappa shape index (κ1) is 9.53. The van der Waals surface area contributed by atoms with Crippen molar-refractivity contribution in [1.29, 1.82) is 0 Å². The van der Waals surface area contributed by atoms with E-state index in [0.717, 1.165) is 30.8 Å². The molecule has 1 fully saturated rings. The minimum Gasteiger partial charge on any atom is -0.465 e. The molecule has 1 saturated heterocycles. The number of hydrogen-bond donors (Lipinski definition) is 0. The summed E-state index contributed by atoms with van der Waals surface area (Å²) in [5, 5.41) is 0. The summed E-state index contributed by atoms with van der Waals surface area (Å²) in [4.78, 5) is 0. The Morgan fingerprint density at radius 2 is 2.14 bits per heavy atom. The number of ether oxygens (including phenoxy) is 2. The van der Waals surface area contributed by atoms with E-state index in [4.69, 9.17) is 9.47 Å². The van der Waals surface area contributed by atoms with Crippen LogP contribution in [0.2, 0.25) is 0 Å². The Kier molecular flexibility index (Phi) is 3.04. The van der Waals surface area contributed by atoms with Crippen molar-refractivity contribution in [3.8, 4) is 5.75 Å². The van der Waals surface area contributed by atoms with Crippen LogP contribution in [-0.4, -0.2) is 12.9 Å². The molecule has 1 atom stereocenters. The lowest BCUT2D eigenvalue weighted by Crippen LogP contribution is -2.25. The number of para-hydroxylation sites is 1. The molecule has 2 rings (SSSR count). The van der Waals surface area contributed by atoms with Crippen LogP contribution >= 0.6 is 0 Å². The monoisotopic (exact) mass is 191 g/mol. The van der Waals surface area contributed by atoms with Gasteiger partial charge in [-0.2, -0.15) is 0 Å². The molecule has 1 radical (unpaired) electrons. The first-order valence-corrected chi connectivity index (χ1v) is 5.05. The molecule has 1 heterocycles. The molecule has 0 spiro atoms. The van der Waals surface area contributed by atoms with Gasteiger partial charge in [0.1, 0.15) is 5.75 Å². The van der Waals surface area contributed by atoms with Crippen LogP contribution in [0.15, 0.2) is 24.3 Å². The molecule has 2 nitrogen and oxygen atoms in total. The Balaban J connectivity index is 1.99. The number of benzene rings is 1. The van der Waals surface area contributed by atoms with Crippen molar-refractivity contribution in [2.24, 2.45) is 0 Å². The predicted octanol–water partition coefficient (Wildman–Crippen LogP) is 2.77. The molecule has 0 N–H and O–H groups in total. The van der Waals surface area contributed by atoms with Gasteiger partial charge in [0.05, 0.1) is 6.61 Å². The molecule has 2 heteroatoms. The van der Waals surface area contributed by atoms with E-state index in [0.29, 0.717) is 0 Å². The molecule has 0 amide bonds. The standard InChI is InChI=1S/C12H15O2/c1-10-6-2-3-7-11(10)14-12-8-4-5-9-13-12/h2-3,6-7,12H,1,4-5,8-9H2. The Hall–Kier alpha value is -1.02. The minimum atomic E-state index is -0.0772. The van der Waals surface area contributed by atoms with Gasteiger partial charge in [-0.15, -0.1) is 0 Å². The third-order valence-corrected chi connectivity index (χ3v) is 2.37. The van der Waals surface area contributed by atoms with Crippen LogP contribution in [0.3, 0.4) is 0 Å². The second-order valence-corrected chi connectivity index (χ2v) is 3.52. The van der Waals surface area contributed by atoms with Crippen LogP contribution in [0.1, 0.15) is 24.8 Å². The molecule has 1 aliphatic rings. The quantitative estimate of drug-likeness (QED) is 0.715. The van der Waals surface area contributed by atoms with E-state index in [1.54, 1.807) is 0 Å². The van der Waals surface area contributed by atoms with Gasteiger partial charge in [-0.25, -0.2) is 0 Å². The maximum absolute atomic E-state index is 5.70. The van der Waals surface area contributed by atoms with Crippen LogP contribution in [0.4, 0.5) is 0 Å². The van der Waals surface area contributed by atoms with Gasteiger partial charge in [-0.1, -0.05) is 18.2 Å². The predicted molar refractivity (Wildman–Crippen MR) is 55.1 cm³/mol. The molecular formula is C12H15O2. The third-order valence-electron chi connectivity index (χ3n) is 2.37. The summed E-state index contributed by atoms with van der Waals surface area (Å²) in [5.41, 5.74) is 0.918. The lowest BCUT2D eigenvalue weighted by atomic mass is 10.2. The summed E-state index contributed by atoms with van der Waals surface area (Å²) in [6.45, 7) is 4.71. The molecule has 1 aliphatic heterocycles. The largest absolute Gasteiger partial charge is 0.465 e. The van der Waals surface area contributed by atoms with Gasteiger partial charge in [-0.3, -0.25) is 0 Å². The number of hydrogen-bond acceptors (Lipinski definition) is 2. The minimum absolute atomic E-state index is 0.0772. The molecular weight excluding hydrogens is 176 g/mol. The molecule has 0 bridgehead atoms. The van der Waals surface area contributed by atoms with Crippen molar-refractivity contribution < 1.29 is 9.47 Å². The molecule has 1 aromatic carbocycles. The van der Waals surface area contributed by atoms with Crippen LogP contribution in [0, 0.1) is 6.92 Å². The Labute approximate surface area is 84.8 Å². The summed E-state index contributed by atoms with van der Waals surface area (Å²) in [6.07, 6.45) is 3.23. The average Bonchev–Trinajstić information content (AvgIpc) is 2.23. The van der Waals surface area contributed by atoms with Crippen molar-refractivity contribution in [1.82, 2.24) is 0 Å². The summed E-state index contributed by atoms with van der Waals surface area (Å²) in [6, 6.07) is 7.78. The maximum Gasteiger partial charge on any atom is 0.199 e. The fourth-order valence-electron chi connectivity index (χ4n) is 1.56. The lowest BCUT2D eigenvalue weighted by Gasteiger charge is -2.24. The summed E-state index contributed by atoms with van der Waals surface area (Å²) >= 11 is 0. The van der Waals surface area contributed by atoms with Crippen molar-refractivity contribution in [3.05, 3.63) is 36.8 Å². The van der Waals surface area contributed by atoms with Crippen LogP contribution in [0.5, 0.6) is 5.75 Å². The van der Waals surface area contributed by atoms with E-state index in [1.807, 2.05) is 24.3 Å². The van der Waals surface area contributed by atoms with E-state index in [1.165, 1.54) is 6.42 Å². The highest BCUT2D eigenvalue weighted by molar-refractivity contribution is 5.35. The average molecular weight is 191 g/mol. The van der Waals surface area contributed by atoms with Gasteiger partial charge < -0.3 is 9.47 Å². The van der Waals surface area contributed by atoms with Crippen molar-refractivity contribution >= 4 is 0 Å². The molecule has 14 heavy (non-hydrogen) atoms. The first-order valence-electron chi connectivity index (χ1n) is 5.05. The smallest absolute Gasteiger partial charge is 0.199 e. The van der Waals surface area contributed by atoms with Crippen molar-refractivity contribution in [3.63, 3.8) is 0 Å². The highest BCUT2D eigenvalue weighted by atomic mass is 16.7. The van der Waals surface area contributed by atoms with E-state index in [9.17, 15) is 0 Å². The topological polar surface area (TPSA) is 18.5 Å². The molecule has 75 valence electrons. The second kappa shape index (κ2) is 4.47.